The van der Waals surface area contributed by atoms with Crippen LogP contribution in [0.5, 0.6) is 0 Å². The number of aliphatic hydroxyl groups excluding tert-OH is 1. The number of benzene rings is 2. The lowest BCUT2D eigenvalue weighted by Crippen LogP contribution is -2.58. The van der Waals surface area contributed by atoms with E-state index in [2.05, 4.69) is 15.6 Å². The molecule has 0 bridgehead atoms. The lowest BCUT2D eigenvalue weighted by atomic mass is 9.84. The molecule has 42 heavy (non-hydrogen) atoms. The Kier molecular flexibility index (Phi) is 13.8. The van der Waals surface area contributed by atoms with E-state index in [1.54, 1.807) is 24.1 Å². The molecule has 0 saturated carbocycles. The second-order valence-electron chi connectivity index (χ2n) is 11.6. The monoisotopic (exact) mass is 582 g/mol. The molecule has 3 amide bonds. The highest BCUT2D eigenvalue weighted by Gasteiger charge is 2.39. The SMILES string of the molecule is CCc1ccc(F)cc1.CN=C(C(=O)NC(C(=O)N1CCCC(C(=O)NCCCO)C1)C(C)(C)C)c1ccccc1C. The highest BCUT2D eigenvalue weighted by molar-refractivity contribution is 6.46. The van der Waals surface area contributed by atoms with Gasteiger partial charge in [0.1, 0.15) is 17.6 Å². The number of aryl methyl sites for hydroxylation is 2. The maximum Gasteiger partial charge on any atom is 0.270 e. The van der Waals surface area contributed by atoms with Gasteiger partial charge in [-0.3, -0.25) is 19.4 Å². The Labute approximate surface area is 249 Å². The van der Waals surface area contributed by atoms with Crippen molar-refractivity contribution in [2.75, 3.05) is 33.3 Å². The maximum absolute atomic E-state index is 13.5. The van der Waals surface area contributed by atoms with Crippen molar-refractivity contribution in [3.63, 3.8) is 0 Å². The number of rotatable bonds is 9. The molecule has 1 heterocycles. The number of aliphatic hydroxyl groups is 1. The Morgan fingerprint density at radius 3 is 2.36 bits per heavy atom. The first-order valence-corrected chi connectivity index (χ1v) is 14.7. The van der Waals surface area contributed by atoms with Crippen molar-refractivity contribution in [3.8, 4) is 0 Å². The molecule has 2 unspecified atom stereocenters. The fraction of sp³-hybridized carbons (Fsp3) is 0.515. The van der Waals surface area contributed by atoms with Crippen LogP contribution in [0.1, 0.15) is 63.6 Å². The van der Waals surface area contributed by atoms with Crippen molar-refractivity contribution in [3.05, 3.63) is 71.0 Å². The van der Waals surface area contributed by atoms with Crippen LogP contribution in [0.2, 0.25) is 0 Å². The van der Waals surface area contributed by atoms with Gasteiger partial charge in [-0.25, -0.2) is 4.39 Å². The van der Waals surface area contributed by atoms with Crippen molar-refractivity contribution in [1.82, 2.24) is 15.5 Å². The van der Waals surface area contributed by atoms with Gasteiger partial charge >= 0.3 is 0 Å². The summed E-state index contributed by atoms with van der Waals surface area (Å²) in [4.78, 5) is 45.1. The smallest absolute Gasteiger partial charge is 0.270 e. The normalized spacial score (nSPS) is 16.1. The summed E-state index contributed by atoms with van der Waals surface area (Å²) in [5.41, 5.74) is 2.59. The molecule has 1 aliphatic heterocycles. The summed E-state index contributed by atoms with van der Waals surface area (Å²) < 4.78 is 12.2. The Morgan fingerprint density at radius 1 is 1.12 bits per heavy atom. The van der Waals surface area contributed by atoms with Crippen molar-refractivity contribution in [2.45, 2.75) is 66.3 Å². The molecule has 3 rings (SSSR count). The molecule has 1 saturated heterocycles. The summed E-state index contributed by atoms with van der Waals surface area (Å²) in [5.74, 6) is -1.14. The van der Waals surface area contributed by atoms with Gasteiger partial charge in [0.05, 0.1) is 5.92 Å². The third-order valence-electron chi connectivity index (χ3n) is 7.29. The molecular weight excluding hydrogens is 535 g/mol. The number of nitrogens with zero attached hydrogens (tertiary/aromatic N) is 2. The zero-order valence-electron chi connectivity index (χ0n) is 25.9. The fourth-order valence-electron chi connectivity index (χ4n) is 4.76. The lowest BCUT2D eigenvalue weighted by Gasteiger charge is -2.38. The number of likely N-dealkylation sites (tertiary alicyclic amines) is 1. The van der Waals surface area contributed by atoms with Crippen molar-refractivity contribution < 1.29 is 23.9 Å². The van der Waals surface area contributed by atoms with Crippen LogP contribution in [0.15, 0.2) is 53.5 Å². The van der Waals surface area contributed by atoms with Crippen LogP contribution in [0.4, 0.5) is 4.39 Å². The molecule has 9 heteroatoms. The zero-order valence-corrected chi connectivity index (χ0v) is 25.9. The number of hydrogen-bond acceptors (Lipinski definition) is 5. The predicted molar refractivity (Wildman–Crippen MR) is 165 cm³/mol. The highest BCUT2D eigenvalue weighted by atomic mass is 19.1. The molecule has 8 nitrogen and oxygen atoms in total. The largest absolute Gasteiger partial charge is 0.396 e. The minimum absolute atomic E-state index is 0.0219. The van der Waals surface area contributed by atoms with Crippen molar-refractivity contribution in [2.24, 2.45) is 16.3 Å². The number of halogens is 1. The first-order valence-electron chi connectivity index (χ1n) is 14.7. The minimum atomic E-state index is -0.762. The average molecular weight is 583 g/mol. The van der Waals surface area contributed by atoms with E-state index in [1.807, 2.05) is 58.9 Å². The topological polar surface area (TPSA) is 111 Å². The van der Waals surface area contributed by atoms with Crippen LogP contribution < -0.4 is 10.6 Å². The van der Waals surface area contributed by atoms with Crippen LogP contribution in [-0.4, -0.2) is 72.8 Å². The van der Waals surface area contributed by atoms with Gasteiger partial charge in [0.15, 0.2) is 0 Å². The average Bonchev–Trinajstić information content (AvgIpc) is 2.97. The maximum atomic E-state index is 13.5. The van der Waals surface area contributed by atoms with Crippen LogP contribution in [0.25, 0.3) is 0 Å². The molecular formula is C33H47FN4O4. The van der Waals surface area contributed by atoms with Gasteiger partial charge in [-0.2, -0.15) is 0 Å². The molecule has 3 N–H and O–H groups in total. The second-order valence-corrected chi connectivity index (χ2v) is 11.6. The van der Waals surface area contributed by atoms with E-state index in [4.69, 9.17) is 5.11 Å². The van der Waals surface area contributed by atoms with Crippen LogP contribution in [0.3, 0.4) is 0 Å². The van der Waals surface area contributed by atoms with Gasteiger partial charge in [0.2, 0.25) is 11.8 Å². The van der Waals surface area contributed by atoms with Gasteiger partial charge in [-0.05, 0) is 61.3 Å². The minimum Gasteiger partial charge on any atom is -0.396 e. The van der Waals surface area contributed by atoms with Gasteiger partial charge in [0.25, 0.3) is 5.91 Å². The van der Waals surface area contributed by atoms with Gasteiger partial charge in [0, 0.05) is 38.9 Å². The molecule has 0 aliphatic carbocycles. The van der Waals surface area contributed by atoms with E-state index in [9.17, 15) is 18.8 Å². The highest BCUT2D eigenvalue weighted by Crippen LogP contribution is 2.25. The summed E-state index contributed by atoms with van der Waals surface area (Å²) in [6.07, 6.45) is 2.91. The van der Waals surface area contributed by atoms with E-state index in [0.29, 0.717) is 32.5 Å². The molecule has 1 aliphatic rings. The summed E-state index contributed by atoms with van der Waals surface area (Å²) >= 11 is 0. The number of aliphatic imine (C=N–C) groups is 1. The van der Waals surface area contributed by atoms with Crippen molar-refractivity contribution in [1.29, 1.82) is 0 Å². The lowest BCUT2D eigenvalue weighted by molar-refractivity contribution is -0.141. The number of carbonyl (C=O) groups excluding carboxylic acids is 3. The summed E-state index contributed by atoms with van der Waals surface area (Å²) in [6.45, 7) is 11.0. The first-order chi connectivity index (χ1) is 19.9. The van der Waals surface area contributed by atoms with Gasteiger partial charge < -0.3 is 20.6 Å². The third kappa shape index (κ3) is 10.4. The van der Waals surface area contributed by atoms with E-state index >= 15 is 0 Å². The number of nitrogens with one attached hydrogen (secondary N) is 2. The fourth-order valence-corrected chi connectivity index (χ4v) is 4.76. The Balaban J connectivity index is 0.000000581. The first kappa shape index (κ1) is 34.6. The second kappa shape index (κ2) is 16.8. The Bertz CT molecular complexity index is 1210. The summed E-state index contributed by atoms with van der Waals surface area (Å²) in [7, 11) is 1.57. The summed E-state index contributed by atoms with van der Waals surface area (Å²) in [5, 5.41) is 14.7. The Hall–Kier alpha value is -3.59. The number of carbonyl (C=O) groups is 3. The molecule has 2 aromatic rings. The van der Waals surface area contributed by atoms with Gasteiger partial charge in [-0.1, -0.05) is 64.1 Å². The standard InChI is InChI=1S/C25H38N4O4.C8H9F/c1-17-10-6-7-12-19(17)20(26-5)23(32)28-21(25(2,3)4)24(33)29-14-8-11-18(16-29)22(31)27-13-9-15-30;1-2-7-3-5-8(9)6-4-7/h6-7,10,12,18,21,30H,8-9,11,13-16H2,1-5H3,(H,27,31)(H,28,32);3-6H,2H2,1H3. The van der Waals surface area contributed by atoms with E-state index in [-0.39, 0.29) is 35.9 Å². The van der Waals surface area contributed by atoms with Crippen LogP contribution in [-0.2, 0) is 20.8 Å². The molecule has 0 aromatic heterocycles. The van der Waals surface area contributed by atoms with E-state index < -0.39 is 17.4 Å². The third-order valence-corrected chi connectivity index (χ3v) is 7.29. The molecule has 1 fully saturated rings. The molecule has 2 aromatic carbocycles. The number of amides is 3. The molecule has 0 radical (unpaired) electrons. The Morgan fingerprint density at radius 2 is 1.79 bits per heavy atom. The van der Waals surface area contributed by atoms with Crippen LogP contribution >= 0.6 is 0 Å². The quantitative estimate of drug-likeness (QED) is 0.306. The van der Waals surface area contributed by atoms with E-state index in [1.165, 1.54) is 17.7 Å². The summed E-state index contributed by atoms with van der Waals surface area (Å²) in [6, 6.07) is 13.3. The van der Waals surface area contributed by atoms with E-state index in [0.717, 1.165) is 24.0 Å². The molecule has 0 spiro atoms. The zero-order chi connectivity index (χ0) is 31.3. The molecule has 230 valence electrons. The van der Waals surface area contributed by atoms with Crippen molar-refractivity contribution >= 4 is 23.4 Å². The van der Waals surface area contributed by atoms with Crippen LogP contribution in [0, 0.1) is 24.1 Å². The number of piperidine rings is 1. The van der Waals surface area contributed by atoms with Gasteiger partial charge in [-0.15, -0.1) is 0 Å². The number of hydrogen-bond donors (Lipinski definition) is 3. The predicted octanol–water partition coefficient (Wildman–Crippen LogP) is 4.07. The molecule has 2 atom stereocenters.